The number of hydrogen-bond acceptors (Lipinski definition) is 4. The van der Waals surface area contributed by atoms with Crippen molar-refractivity contribution >= 4 is 8.80 Å². The van der Waals surface area contributed by atoms with Gasteiger partial charge in [-0.3, -0.25) is 0 Å². The van der Waals surface area contributed by atoms with Crippen molar-refractivity contribution in [1.29, 1.82) is 0 Å². The third-order valence-electron chi connectivity index (χ3n) is 2.05. The third kappa shape index (κ3) is 9.02. The maximum Gasteiger partial charge on any atom is 0.501 e. The van der Waals surface area contributed by atoms with E-state index < -0.39 is 8.80 Å². The van der Waals surface area contributed by atoms with E-state index in [-0.39, 0.29) is 18.3 Å². The zero-order chi connectivity index (χ0) is 14.9. The van der Waals surface area contributed by atoms with Crippen LogP contribution in [0.4, 0.5) is 0 Å². The Morgan fingerprint density at radius 2 is 1.37 bits per heavy atom. The van der Waals surface area contributed by atoms with Crippen molar-refractivity contribution in [3.8, 4) is 0 Å². The Bertz CT molecular complexity index is 265. The topological polar surface area (TPSA) is 76.5 Å². The molecule has 0 N–H and O–H groups in total. The van der Waals surface area contributed by atoms with Crippen LogP contribution in [-0.4, -0.2) is 33.7 Å². The predicted molar refractivity (Wildman–Crippen MR) is 77.9 cm³/mol. The maximum absolute atomic E-state index is 8.31. The van der Waals surface area contributed by atoms with Crippen LogP contribution in [0.5, 0.6) is 0 Å². The second-order valence-electron chi connectivity index (χ2n) is 5.24. The van der Waals surface area contributed by atoms with Crippen LogP contribution >= 0.6 is 0 Å². The zero-order valence-corrected chi connectivity index (χ0v) is 13.9. The van der Waals surface area contributed by atoms with Gasteiger partial charge in [-0.25, -0.2) is 0 Å². The summed E-state index contributed by atoms with van der Waals surface area (Å²) in [5.41, 5.74) is 8.31. The van der Waals surface area contributed by atoms with Gasteiger partial charge in [-0.15, -0.1) is 0 Å². The summed E-state index contributed by atoms with van der Waals surface area (Å²) < 4.78 is 18.0. The summed E-state index contributed by atoms with van der Waals surface area (Å²) in [6.07, 6.45) is 0.846. The van der Waals surface area contributed by atoms with Gasteiger partial charge in [0.15, 0.2) is 0 Å². The molecule has 7 heteroatoms. The Morgan fingerprint density at radius 3 is 1.68 bits per heavy atom. The van der Waals surface area contributed by atoms with Gasteiger partial charge in [-0.2, -0.15) is 0 Å². The van der Waals surface area contributed by atoms with E-state index in [0.29, 0.717) is 19.0 Å². The Balaban J connectivity index is 4.81. The van der Waals surface area contributed by atoms with Crippen molar-refractivity contribution in [2.45, 2.75) is 72.3 Å². The normalized spacial score (nSPS) is 12.3. The van der Waals surface area contributed by atoms with Crippen LogP contribution in [0.2, 0.25) is 6.04 Å². The molecule has 0 atom stereocenters. The van der Waals surface area contributed by atoms with Crippen LogP contribution < -0.4 is 0 Å². The molecular weight excluding hydrogens is 262 g/mol. The largest absolute Gasteiger partial charge is 0.501 e. The van der Waals surface area contributed by atoms with Gasteiger partial charge < -0.3 is 13.3 Å². The van der Waals surface area contributed by atoms with Gasteiger partial charge in [0.25, 0.3) is 0 Å². The fourth-order valence-corrected chi connectivity index (χ4v) is 5.01. The molecule has 0 bridgehead atoms. The number of azide groups is 1. The monoisotopic (exact) mass is 289 g/mol. The van der Waals surface area contributed by atoms with Crippen LogP contribution in [0.25, 0.3) is 10.4 Å². The molecule has 0 aromatic heterocycles. The molecule has 0 saturated heterocycles. The second kappa shape index (κ2) is 9.33. The minimum Gasteiger partial charge on any atom is -0.371 e. The van der Waals surface area contributed by atoms with E-state index >= 15 is 0 Å². The molecule has 0 heterocycles. The molecule has 0 spiro atoms. The predicted octanol–water partition coefficient (Wildman–Crippen LogP) is 3.90. The first-order valence-corrected chi connectivity index (χ1v) is 8.79. The summed E-state index contributed by atoms with van der Waals surface area (Å²) in [5, 5.41) is 3.55. The maximum atomic E-state index is 8.31. The van der Waals surface area contributed by atoms with Crippen molar-refractivity contribution in [1.82, 2.24) is 0 Å². The van der Waals surface area contributed by atoms with Crippen molar-refractivity contribution < 1.29 is 13.3 Å². The first-order chi connectivity index (χ1) is 8.81. The van der Waals surface area contributed by atoms with E-state index in [0.717, 1.165) is 0 Å². The molecule has 6 nitrogen and oxygen atoms in total. The number of nitrogens with zero attached hydrogens (tertiary/aromatic N) is 3. The van der Waals surface area contributed by atoms with Crippen LogP contribution in [0, 0.1) is 0 Å². The second-order valence-corrected chi connectivity index (χ2v) is 7.81. The molecule has 0 unspecified atom stereocenters. The van der Waals surface area contributed by atoms with E-state index in [4.69, 9.17) is 18.8 Å². The third-order valence-corrected chi connectivity index (χ3v) is 5.51. The van der Waals surface area contributed by atoms with Gasteiger partial charge in [0.05, 0.1) is 0 Å². The Hall–Kier alpha value is -0.593. The Labute approximate surface area is 117 Å². The first kappa shape index (κ1) is 18.4. The van der Waals surface area contributed by atoms with Gasteiger partial charge in [0.1, 0.15) is 0 Å². The standard InChI is InChI=1S/C12H27N3O3Si/c1-10(2)16-19(17-11(3)4,18-12(5)6)9-7-8-14-15-13/h10-12H,7-9H2,1-6H3. The van der Waals surface area contributed by atoms with Crippen LogP contribution in [0.3, 0.4) is 0 Å². The fourth-order valence-electron chi connectivity index (χ4n) is 1.75. The highest BCUT2D eigenvalue weighted by Gasteiger charge is 2.43. The van der Waals surface area contributed by atoms with E-state index in [2.05, 4.69) is 10.0 Å². The molecule has 0 amide bonds. The number of hydrogen-bond donors (Lipinski definition) is 0. The van der Waals surface area contributed by atoms with E-state index in [1.165, 1.54) is 0 Å². The summed E-state index contributed by atoms with van der Waals surface area (Å²) in [5.74, 6) is 0. The lowest BCUT2D eigenvalue weighted by Crippen LogP contribution is -2.50. The summed E-state index contributed by atoms with van der Waals surface area (Å²) in [4.78, 5) is 2.76. The molecule has 0 aromatic rings. The van der Waals surface area contributed by atoms with Crippen molar-refractivity contribution in [3.05, 3.63) is 10.4 Å². The molecule has 112 valence electrons. The molecule has 19 heavy (non-hydrogen) atoms. The van der Waals surface area contributed by atoms with Gasteiger partial charge in [0.2, 0.25) is 0 Å². The summed E-state index contributed by atoms with van der Waals surface area (Å²) in [6, 6.07) is 0.667. The van der Waals surface area contributed by atoms with Crippen LogP contribution in [0.1, 0.15) is 48.0 Å². The van der Waals surface area contributed by atoms with Gasteiger partial charge in [-0.05, 0) is 53.5 Å². The molecular formula is C12H27N3O3Si. The van der Waals surface area contributed by atoms with Gasteiger partial charge in [0, 0.05) is 35.8 Å². The average molecular weight is 289 g/mol. The van der Waals surface area contributed by atoms with Crippen molar-refractivity contribution in [3.63, 3.8) is 0 Å². The molecule has 0 aromatic carbocycles. The lowest BCUT2D eigenvalue weighted by molar-refractivity contribution is 0.00301. The summed E-state index contributed by atoms with van der Waals surface area (Å²) in [7, 11) is -2.72. The van der Waals surface area contributed by atoms with E-state index in [1.54, 1.807) is 0 Å². The van der Waals surface area contributed by atoms with Crippen molar-refractivity contribution in [2.24, 2.45) is 5.11 Å². The highest BCUT2D eigenvalue weighted by molar-refractivity contribution is 6.60. The Morgan fingerprint density at radius 1 is 0.947 bits per heavy atom. The van der Waals surface area contributed by atoms with Crippen LogP contribution in [0.15, 0.2) is 5.11 Å². The SMILES string of the molecule is CC(C)O[Si](CCCN=[N+]=[N-])(OC(C)C)OC(C)C. The molecule has 0 aliphatic carbocycles. The summed E-state index contributed by atoms with van der Waals surface area (Å²) in [6.45, 7) is 12.3. The molecule has 0 saturated carbocycles. The summed E-state index contributed by atoms with van der Waals surface area (Å²) >= 11 is 0. The minimum atomic E-state index is -2.72. The number of rotatable bonds is 10. The smallest absolute Gasteiger partial charge is 0.371 e. The van der Waals surface area contributed by atoms with Gasteiger partial charge in [-0.1, -0.05) is 5.11 Å². The van der Waals surface area contributed by atoms with Crippen LogP contribution in [-0.2, 0) is 13.3 Å². The van der Waals surface area contributed by atoms with E-state index in [9.17, 15) is 0 Å². The Kier molecular flexibility index (Phi) is 9.04. The molecule has 0 aliphatic heterocycles. The first-order valence-electron chi connectivity index (χ1n) is 6.85. The fraction of sp³-hybridized carbons (Fsp3) is 1.00. The minimum absolute atomic E-state index is 0.0450. The molecule has 0 rings (SSSR count). The van der Waals surface area contributed by atoms with Gasteiger partial charge >= 0.3 is 8.80 Å². The lowest BCUT2D eigenvalue weighted by atomic mass is 10.5. The highest BCUT2D eigenvalue weighted by Crippen LogP contribution is 2.23. The quantitative estimate of drug-likeness (QED) is 0.201. The average Bonchev–Trinajstić information content (AvgIpc) is 2.21. The highest BCUT2D eigenvalue weighted by atomic mass is 28.4. The molecule has 0 radical (unpaired) electrons. The molecule has 0 fully saturated rings. The van der Waals surface area contributed by atoms with Crippen molar-refractivity contribution in [2.75, 3.05) is 6.54 Å². The lowest BCUT2D eigenvalue weighted by Gasteiger charge is -2.34. The van der Waals surface area contributed by atoms with E-state index in [1.807, 2.05) is 41.5 Å². The zero-order valence-electron chi connectivity index (χ0n) is 12.9. The molecule has 0 aliphatic rings.